The first-order valence-electron chi connectivity index (χ1n) is 4.94. The first kappa shape index (κ1) is 12.9. The lowest BCUT2D eigenvalue weighted by atomic mass is 9.97. The van der Waals surface area contributed by atoms with Gasteiger partial charge in [-0.3, -0.25) is 0 Å². The lowest BCUT2D eigenvalue weighted by Gasteiger charge is -2.33. The fraction of sp³-hybridized carbons (Fsp3) is 1.00. The monoisotopic (exact) mass is 188 g/mol. The fourth-order valence-electron chi connectivity index (χ4n) is 1.37. The van der Waals surface area contributed by atoms with Crippen LogP contribution in [0, 0.1) is 0 Å². The van der Waals surface area contributed by atoms with Gasteiger partial charge in [-0.1, -0.05) is 0 Å². The van der Waals surface area contributed by atoms with E-state index in [2.05, 4.69) is 32.7 Å². The normalized spacial score (nSPS) is 19.2. The van der Waals surface area contributed by atoms with Crippen molar-refractivity contribution in [3.05, 3.63) is 0 Å². The van der Waals surface area contributed by atoms with Gasteiger partial charge in [0.15, 0.2) is 0 Å². The summed E-state index contributed by atoms with van der Waals surface area (Å²) >= 11 is 0. The molecule has 2 unspecified atom stereocenters. The molecule has 2 atom stereocenters. The van der Waals surface area contributed by atoms with Crippen molar-refractivity contribution in [2.24, 2.45) is 5.73 Å². The molecule has 3 heteroatoms. The van der Waals surface area contributed by atoms with Crippen molar-refractivity contribution in [2.75, 3.05) is 13.6 Å². The summed E-state index contributed by atoms with van der Waals surface area (Å²) in [6.45, 7) is 8.52. The Kier molecular flexibility index (Phi) is 4.89. The van der Waals surface area contributed by atoms with Crippen LogP contribution >= 0.6 is 0 Å². The molecule has 0 amide bonds. The second-order valence-electron chi connectivity index (χ2n) is 4.51. The van der Waals surface area contributed by atoms with E-state index in [-0.39, 0.29) is 0 Å². The van der Waals surface area contributed by atoms with E-state index in [0.29, 0.717) is 18.6 Å². The highest BCUT2D eigenvalue weighted by Gasteiger charge is 2.24. The Balaban J connectivity index is 4.06. The maximum atomic E-state index is 9.77. The van der Waals surface area contributed by atoms with Crippen LogP contribution in [0.5, 0.6) is 0 Å². The molecule has 0 heterocycles. The fourth-order valence-corrected chi connectivity index (χ4v) is 1.37. The van der Waals surface area contributed by atoms with E-state index in [1.165, 1.54) is 0 Å². The van der Waals surface area contributed by atoms with E-state index in [1.54, 1.807) is 6.92 Å². The van der Waals surface area contributed by atoms with Gasteiger partial charge in [-0.2, -0.15) is 0 Å². The number of aliphatic hydroxyl groups is 1. The molecule has 0 saturated carbocycles. The van der Waals surface area contributed by atoms with E-state index in [1.807, 2.05) is 0 Å². The molecule has 0 aliphatic carbocycles. The van der Waals surface area contributed by atoms with Gasteiger partial charge in [-0.25, -0.2) is 0 Å². The van der Waals surface area contributed by atoms with Crippen molar-refractivity contribution < 1.29 is 5.11 Å². The SMILES string of the molecule is CC(C)N(C)C(C)CC(C)(O)CN. The Morgan fingerprint density at radius 3 is 2.15 bits per heavy atom. The van der Waals surface area contributed by atoms with Crippen LogP contribution in [0.25, 0.3) is 0 Å². The Labute approximate surface area is 81.9 Å². The second kappa shape index (κ2) is 4.94. The van der Waals surface area contributed by atoms with E-state index < -0.39 is 5.60 Å². The summed E-state index contributed by atoms with van der Waals surface area (Å²) in [6.07, 6.45) is 0.720. The van der Waals surface area contributed by atoms with Crippen molar-refractivity contribution >= 4 is 0 Å². The number of nitrogens with zero attached hydrogens (tertiary/aromatic N) is 1. The van der Waals surface area contributed by atoms with Crippen molar-refractivity contribution in [3.63, 3.8) is 0 Å². The number of nitrogens with two attached hydrogens (primary N) is 1. The molecule has 0 aliphatic heterocycles. The maximum Gasteiger partial charge on any atom is 0.0756 e. The van der Waals surface area contributed by atoms with Gasteiger partial charge >= 0.3 is 0 Å². The minimum absolute atomic E-state index is 0.323. The molecule has 3 nitrogen and oxygen atoms in total. The van der Waals surface area contributed by atoms with Gasteiger partial charge in [0.05, 0.1) is 5.60 Å². The Morgan fingerprint density at radius 1 is 1.38 bits per heavy atom. The van der Waals surface area contributed by atoms with Crippen molar-refractivity contribution in [2.45, 2.75) is 51.8 Å². The van der Waals surface area contributed by atoms with Crippen LogP contribution in [0.1, 0.15) is 34.1 Å². The largest absolute Gasteiger partial charge is 0.389 e. The van der Waals surface area contributed by atoms with Gasteiger partial charge in [0.25, 0.3) is 0 Å². The minimum atomic E-state index is -0.734. The topological polar surface area (TPSA) is 49.5 Å². The predicted octanol–water partition coefficient (Wildman–Crippen LogP) is 0.815. The molecular weight excluding hydrogens is 164 g/mol. The first-order chi connectivity index (χ1) is 5.80. The molecule has 0 radical (unpaired) electrons. The van der Waals surface area contributed by atoms with E-state index in [0.717, 1.165) is 6.42 Å². The number of hydrogen-bond donors (Lipinski definition) is 2. The molecule has 0 saturated heterocycles. The van der Waals surface area contributed by atoms with Gasteiger partial charge in [0.2, 0.25) is 0 Å². The summed E-state index contributed by atoms with van der Waals surface area (Å²) < 4.78 is 0. The molecule has 0 bridgehead atoms. The van der Waals surface area contributed by atoms with Crippen LogP contribution in [-0.4, -0.2) is 41.3 Å². The lowest BCUT2D eigenvalue weighted by molar-refractivity contribution is 0.0285. The zero-order chi connectivity index (χ0) is 10.6. The highest BCUT2D eigenvalue weighted by Crippen LogP contribution is 2.15. The third kappa shape index (κ3) is 4.60. The third-order valence-electron chi connectivity index (χ3n) is 2.68. The summed E-state index contributed by atoms with van der Waals surface area (Å²) in [4.78, 5) is 2.24. The van der Waals surface area contributed by atoms with Crippen LogP contribution in [0.15, 0.2) is 0 Å². The van der Waals surface area contributed by atoms with Gasteiger partial charge < -0.3 is 15.7 Å². The summed E-state index contributed by atoms with van der Waals surface area (Å²) in [7, 11) is 2.07. The van der Waals surface area contributed by atoms with Crippen LogP contribution in [0.2, 0.25) is 0 Å². The molecule has 0 aromatic carbocycles. The zero-order valence-corrected chi connectivity index (χ0v) is 9.54. The molecule has 0 aliphatic rings. The van der Waals surface area contributed by atoms with Gasteiger partial charge in [0, 0.05) is 18.6 Å². The van der Waals surface area contributed by atoms with Crippen molar-refractivity contribution in [3.8, 4) is 0 Å². The van der Waals surface area contributed by atoms with Gasteiger partial charge in [-0.05, 0) is 41.2 Å². The average Bonchev–Trinajstić information content (AvgIpc) is 2.02. The molecule has 0 fully saturated rings. The van der Waals surface area contributed by atoms with Crippen LogP contribution < -0.4 is 5.73 Å². The molecule has 0 aromatic heterocycles. The standard InChI is InChI=1S/C10H24N2O/c1-8(2)12(5)9(3)6-10(4,13)7-11/h8-9,13H,6-7,11H2,1-5H3. The van der Waals surface area contributed by atoms with E-state index in [9.17, 15) is 5.11 Å². The highest BCUT2D eigenvalue weighted by atomic mass is 16.3. The molecule has 0 aromatic rings. The maximum absolute atomic E-state index is 9.77. The van der Waals surface area contributed by atoms with Gasteiger partial charge in [0.1, 0.15) is 0 Å². The summed E-state index contributed by atoms with van der Waals surface area (Å²) in [5.74, 6) is 0. The van der Waals surface area contributed by atoms with Gasteiger partial charge in [-0.15, -0.1) is 0 Å². The number of rotatable bonds is 5. The number of hydrogen-bond acceptors (Lipinski definition) is 3. The van der Waals surface area contributed by atoms with E-state index in [4.69, 9.17) is 5.73 Å². The molecule has 80 valence electrons. The minimum Gasteiger partial charge on any atom is -0.389 e. The van der Waals surface area contributed by atoms with Crippen molar-refractivity contribution in [1.82, 2.24) is 4.90 Å². The smallest absolute Gasteiger partial charge is 0.0756 e. The van der Waals surface area contributed by atoms with Crippen LogP contribution in [0.4, 0.5) is 0 Å². The molecular formula is C10H24N2O. The predicted molar refractivity (Wildman–Crippen MR) is 56.7 cm³/mol. The van der Waals surface area contributed by atoms with Crippen LogP contribution in [0.3, 0.4) is 0 Å². The van der Waals surface area contributed by atoms with Crippen molar-refractivity contribution in [1.29, 1.82) is 0 Å². The Morgan fingerprint density at radius 2 is 1.85 bits per heavy atom. The lowest BCUT2D eigenvalue weighted by Crippen LogP contribution is -2.44. The zero-order valence-electron chi connectivity index (χ0n) is 9.54. The molecule has 0 spiro atoms. The summed E-state index contributed by atoms with van der Waals surface area (Å²) in [5, 5.41) is 9.77. The van der Waals surface area contributed by atoms with Crippen LogP contribution in [-0.2, 0) is 0 Å². The Bertz CT molecular complexity index is 146. The Hall–Kier alpha value is -0.120. The van der Waals surface area contributed by atoms with E-state index >= 15 is 0 Å². The molecule has 3 N–H and O–H groups in total. The molecule has 0 rings (SSSR count). The summed E-state index contributed by atoms with van der Waals surface area (Å²) in [5.41, 5.74) is 4.73. The molecule has 13 heavy (non-hydrogen) atoms. The first-order valence-corrected chi connectivity index (χ1v) is 4.94. The third-order valence-corrected chi connectivity index (χ3v) is 2.68. The highest BCUT2D eigenvalue weighted by molar-refractivity contribution is 4.80. The second-order valence-corrected chi connectivity index (χ2v) is 4.51. The summed E-state index contributed by atoms with van der Waals surface area (Å²) in [6, 6.07) is 0.863. The quantitative estimate of drug-likeness (QED) is 0.671. The average molecular weight is 188 g/mol.